The first kappa shape index (κ1) is 26.6. The normalized spacial score (nSPS) is 11.6. The minimum Gasteiger partial charge on any atom is -0.478 e. The molecule has 5 heteroatoms. The molecule has 1 radical (unpaired) electrons. The average molecular weight is 456 g/mol. The molecule has 1 saturated carbocycles. The average Bonchev–Trinajstić information content (AvgIpc) is 3.46. The first-order valence-corrected chi connectivity index (χ1v) is 9.32. The largest absolute Gasteiger partial charge is 0.478 e. The second kappa shape index (κ2) is 12.9. The Bertz CT molecular complexity index is 874. The number of hydrogen-bond acceptors (Lipinski definition) is 3. The maximum atomic E-state index is 13.1. The molecule has 0 bridgehead atoms. The molecule has 1 fully saturated rings. The maximum Gasteiger partial charge on any atom is 0.278 e. The molecule has 2 aromatic rings. The van der Waals surface area contributed by atoms with Gasteiger partial charge in [0.25, 0.3) is 5.56 Å². The van der Waals surface area contributed by atoms with E-state index in [0.29, 0.717) is 23.8 Å². The Labute approximate surface area is 195 Å². The molecule has 1 aliphatic carbocycles. The summed E-state index contributed by atoms with van der Waals surface area (Å²) >= 11 is 0. The molecule has 0 unspecified atom stereocenters. The Kier molecular flexibility index (Phi) is 12.2. The van der Waals surface area contributed by atoms with Crippen molar-refractivity contribution in [3.05, 3.63) is 53.3 Å². The van der Waals surface area contributed by atoms with Gasteiger partial charge < -0.3 is 12.2 Å². The van der Waals surface area contributed by atoms with Crippen molar-refractivity contribution >= 4 is 0 Å². The monoisotopic (exact) mass is 456 g/mol. The molecule has 0 atom stereocenters. The van der Waals surface area contributed by atoms with Gasteiger partial charge in [-0.3, -0.25) is 4.79 Å². The van der Waals surface area contributed by atoms with E-state index in [0.717, 1.165) is 16.8 Å². The molecular weight excluding hydrogens is 425 g/mol. The third-order valence-corrected chi connectivity index (χ3v) is 4.28. The van der Waals surface area contributed by atoms with E-state index in [9.17, 15) is 4.79 Å². The fourth-order valence-corrected chi connectivity index (χ4v) is 2.80. The van der Waals surface area contributed by atoms with Crippen LogP contribution in [0.2, 0.25) is 0 Å². The summed E-state index contributed by atoms with van der Waals surface area (Å²) in [5.74, 6) is 6.82. The standard InChI is InChI=1S/C20H22N2O2.C2H6.CH3.Y/c1-4-5-12-24-19-15(3)21-22(13-16-10-11-16)20(23)18(19)17-9-7-6-8-14(17)2;1-2;;/h6-9,16H,10-13H2,1-3H3;1-2H3;1H3;/q;;-1;. The first-order valence-electron chi connectivity index (χ1n) is 9.32. The Hall–Kier alpha value is -1.44. The second-order valence-electron chi connectivity index (χ2n) is 6.25. The molecule has 1 aliphatic rings. The summed E-state index contributed by atoms with van der Waals surface area (Å²) < 4.78 is 7.43. The number of rotatable bonds is 5. The van der Waals surface area contributed by atoms with E-state index >= 15 is 0 Å². The molecule has 0 spiro atoms. The zero-order valence-electron chi connectivity index (χ0n) is 18.0. The van der Waals surface area contributed by atoms with Crippen LogP contribution in [0.25, 0.3) is 11.1 Å². The second-order valence-corrected chi connectivity index (χ2v) is 6.25. The summed E-state index contributed by atoms with van der Waals surface area (Å²) in [7, 11) is 0. The van der Waals surface area contributed by atoms with Crippen LogP contribution in [0, 0.1) is 39.0 Å². The van der Waals surface area contributed by atoms with Gasteiger partial charge in [0, 0.05) is 39.3 Å². The first-order chi connectivity index (χ1) is 12.6. The third-order valence-electron chi connectivity index (χ3n) is 4.28. The summed E-state index contributed by atoms with van der Waals surface area (Å²) in [6, 6.07) is 7.88. The van der Waals surface area contributed by atoms with Crippen LogP contribution in [0.15, 0.2) is 29.1 Å². The van der Waals surface area contributed by atoms with Crippen LogP contribution in [-0.2, 0) is 39.3 Å². The van der Waals surface area contributed by atoms with E-state index < -0.39 is 0 Å². The third kappa shape index (κ3) is 6.57. The Morgan fingerprint density at radius 3 is 2.43 bits per heavy atom. The molecule has 149 valence electrons. The van der Waals surface area contributed by atoms with Gasteiger partial charge >= 0.3 is 0 Å². The van der Waals surface area contributed by atoms with Crippen molar-refractivity contribution in [2.45, 2.75) is 54.0 Å². The van der Waals surface area contributed by atoms with Crippen LogP contribution in [0.1, 0.15) is 44.9 Å². The molecule has 0 N–H and O–H groups in total. The van der Waals surface area contributed by atoms with Gasteiger partial charge in [0.2, 0.25) is 0 Å². The summed E-state index contributed by atoms with van der Waals surface area (Å²) in [4.78, 5) is 13.1. The molecule has 4 nitrogen and oxygen atoms in total. The quantitative estimate of drug-likeness (QED) is 0.479. The Morgan fingerprint density at radius 2 is 1.86 bits per heavy atom. The van der Waals surface area contributed by atoms with Gasteiger partial charge in [-0.2, -0.15) is 5.10 Å². The van der Waals surface area contributed by atoms with Crippen molar-refractivity contribution in [2.24, 2.45) is 5.92 Å². The van der Waals surface area contributed by atoms with E-state index in [4.69, 9.17) is 4.74 Å². The molecular formula is C23H31N2O2Y-. The van der Waals surface area contributed by atoms with Crippen molar-refractivity contribution in [2.75, 3.05) is 6.61 Å². The fraction of sp³-hybridized carbons (Fsp3) is 0.435. The fourth-order valence-electron chi connectivity index (χ4n) is 2.80. The maximum absolute atomic E-state index is 13.1. The minimum atomic E-state index is -0.0822. The zero-order chi connectivity index (χ0) is 19.1. The number of aromatic nitrogens is 2. The van der Waals surface area contributed by atoms with Crippen LogP contribution in [0.3, 0.4) is 0 Å². The van der Waals surface area contributed by atoms with Gasteiger partial charge in [0.05, 0.1) is 5.56 Å². The SMILES string of the molecule is CC.CC#CCOc1c(C)nn(CC2CC2)c(=O)c1-c1ccccc1C.[CH3-].[Y]. The predicted molar refractivity (Wildman–Crippen MR) is 113 cm³/mol. The molecule has 0 amide bonds. The summed E-state index contributed by atoms with van der Waals surface area (Å²) in [6.07, 6.45) is 2.36. The minimum absolute atomic E-state index is 0. The molecule has 0 saturated heterocycles. The van der Waals surface area contributed by atoms with Crippen LogP contribution < -0.4 is 10.3 Å². The zero-order valence-corrected chi connectivity index (χ0v) is 20.8. The number of aryl methyl sites for hydroxylation is 2. The predicted octanol–water partition coefficient (Wildman–Crippen LogP) is 4.81. The smallest absolute Gasteiger partial charge is 0.278 e. The van der Waals surface area contributed by atoms with E-state index in [1.165, 1.54) is 12.8 Å². The van der Waals surface area contributed by atoms with Gasteiger partial charge in [0.15, 0.2) is 5.75 Å². The van der Waals surface area contributed by atoms with Crippen LogP contribution in [0.5, 0.6) is 5.75 Å². The van der Waals surface area contributed by atoms with Crippen molar-refractivity contribution in [3.63, 3.8) is 0 Å². The van der Waals surface area contributed by atoms with Gasteiger partial charge in [-0.05, 0) is 50.7 Å². The van der Waals surface area contributed by atoms with Gasteiger partial charge in [0.1, 0.15) is 12.3 Å². The number of ether oxygens (including phenoxy) is 1. The summed E-state index contributed by atoms with van der Waals surface area (Å²) in [5, 5.41) is 4.48. The topological polar surface area (TPSA) is 44.1 Å². The number of benzene rings is 1. The van der Waals surface area contributed by atoms with Gasteiger partial charge in [-0.15, -0.1) is 5.92 Å². The van der Waals surface area contributed by atoms with E-state index in [1.54, 1.807) is 11.6 Å². The van der Waals surface area contributed by atoms with Crippen molar-refractivity contribution < 1.29 is 37.4 Å². The van der Waals surface area contributed by atoms with Crippen molar-refractivity contribution in [1.29, 1.82) is 0 Å². The summed E-state index contributed by atoms with van der Waals surface area (Å²) in [5.41, 5.74) is 3.19. The van der Waals surface area contributed by atoms with Crippen molar-refractivity contribution in [3.8, 4) is 28.7 Å². The number of hydrogen-bond donors (Lipinski definition) is 0. The Balaban J connectivity index is 0.00000177. The van der Waals surface area contributed by atoms with Crippen LogP contribution in [0.4, 0.5) is 0 Å². The van der Waals surface area contributed by atoms with Gasteiger partial charge in [-0.25, -0.2) is 4.68 Å². The van der Waals surface area contributed by atoms with E-state index in [-0.39, 0.29) is 52.3 Å². The molecule has 1 heterocycles. The molecule has 3 rings (SSSR count). The molecule has 1 aromatic heterocycles. The molecule has 0 aliphatic heterocycles. The van der Waals surface area contributed by atoms with E-state index in [2.05, 4.69) is 16.9 Å². The van der Waals surface area contributed by atoms with Crippen molar-refractivity contribution in [1.82, 2.24) is 9.78 Å². The van der Waals surface area contributed by atoms with Crippen LogP contribution in [-0.4, -0.2) is 16.4 Å². The summed E-state index contributed by atoms with van der Waals surface area (Å²) in [6.45, 7) is 10.6. The van der Waals surface area contributed by atoms with Crippen LogP contribution >= 0.6 is 0 Å². The number of nitrogens with zero attached hydrogens (tertiary/aromatic N) is 2. The van der Waals surface area contributed by atoms with Gasteiger partial charge in [-0.1, -0.05) is 44.0 Å². The van der Waals surface area contributed by atoms with E-state index in [1.807, 2.05) is 52.0 Å². The molecule has 28 heavy (non-hydrogen) atoms. The Morgan fingerprint density at radius 1 is 1.21 bits per heavy atom. The molecule has 1 aromatic carbocycles.